The van der Waals surface area contributed by atoms with Crippen molar-refractivity contribution in [2.24, 2.45) is 10.4 Å². The van der Waals surface area contributed by atoms with Gasteiger partial charge < -0.3 is 15.0 Å². The maximum absolute atomic E-state index is 11.2. The van der Waals surface area contributed by atoms with Crippen molar-refractivity contribution >= 4 is 35.9 Å². The van der Waals surface area contributed by atoms with Crippen LogP contribution in [0.25, 0.3) is 0 Å². The lowest BCUT2D eigenvalue weighted by molar-refractivity contribution is -0.140. The Hall–Kier alpha value is -0.530. The summed E-state index contributed by atoms with van der Waals surface area (Å²) in [5, 5.41) is 3.32. The summed E-state index contributed by atoms with van der Waals surface area (Å²) in [5.74, 6) is 0.758. The van der Waals surface area contributed by atoms with Crippen LogP contribution in [0.2, 0.25) is 0 Å². The zero-order valence-corrected chi connectivity index (χ0v) is 16.9. The quantitative estimate of drug-likeness (QED) is 0.319. The molecule has 1 saturated carbocycles. The number of guanidine groups is 1. The number of hydrogen-bond donors (Lipinski definition) is 1. The van der Waals surface area contributed by atoms with E-state index in [1.165, 1.54) is 58.5 Å². The van der Waals surface area contributed by atoms with E-state index in [9.17, 15) is 4.79 Å². The Bertz CT molecular complexity index is 393. The molecular weight excluding hydrogens is 405 g/mol. The van der Waals surface area contributed by atoms with Crippen LogP contribution in [0.1, 0.15) is 57.8 Å². The lowest BCUT2D eigenvalue weighted by Crippen LogP contribution is -2.50. The third-order valence-corrected chi connectivity index (χ3v) is 5.18. The van der Waals surface area contributed by atoms with Gasteiger partial charge in [-0.25, -0.2) is 0 Å². The van der Waals surface area contributed by atoms with Crippen molar-refractivity contribution in [1.29, 1.82) is 0 Å². The molecule has 0 bridgehead atoms. The van der Waals surface area contributed by atoms with Gasteiger partial charge in [0.2, 0.25) is 0 Å². The highest BCUT2D eigenvalue weighted by atomic mass is 127. The van der Waals surface area contributed by atoms with Crippen LogP contribution < -0.4 is 5.32 Å². The van der Waals surface area contributed by atoms with E-state index in [1.54, 1.807) is 0 Å². The third kappa shape index (κ3) is 6.12. The van der Waals surface area contributed by atoms with Gasteiger partial charge >= 0.3 is 5.97 Å². The Morgan fingerprint density at radius 1 is 1.17 bits per heavy atom. The average molecular weight is 437 g/mol. The second-order valence-corrected chi connectivity index (χ2v) is 6.74. The Morgan fingerprint density at radius 3 is 2.43 bits per heavy atom. The topological polar surface area (TPSA) is 53.9 Å². The molecule has 1 heterocycles. The van der Waals surface area contributed by atoms with E-state index in [-0.39, 0.29) is 29.9 Å². The zero-order valence-electron chi connectivity index (χ0n) is 14.6. The molecule has 1 N–H and O–H groups in total. The molecule has 0 aromatic carbocycles. The average Bonchev–Trinajstić information content (AvgIpc) is 2.77. The first-order valence-corrected chi connectivity index (χ1v) is 8.71. The van der Waals surface area contributed by atoms with Crippen LogP contribution in [0.4, 0.5) is 0 Å². The first kappa shape index (κ1) is 20.5. The van der Waals surface area contributed by atoms with Gasteiger partial charge in [0.05, 0.1) is 13.5 Å². The largest absolute Gasteiger partial charge is 0.469 e. The number of nitrogens with one attached hydrogen (secondary N) is 1. The lowest BCUT2D eigenvalue weighted by atomic mass is 9.74. The SMILES string of the molecule is CN=C(NCCC(=O)OC)N1CCCC2(CCCCCC2)C1.I. The molecular formula is C17H32IN3O2. The minimum absolute atomic E-state index is 0. The van der Waals surface area contributed by atoms with Gasteiger partial charge in [-0.05, 0) is 31.1 Å². The monoisotopic (exact) mass is 437 g/mol. The van der Waals surface area contributed by atoms with E-state index in [0.717, 1.165) is 19.0 Å². The first-order valence-electron chi connectivity index (χ1n) is 8.71. The van der Waals surface area contributed by atoms with Crippen LogP contribution in [0.5, 0.6) is 0 Å². The Kier molecular flexibility index (Phi) is 9.24. The van der Waals surface area contributed by atoms with Crippen LogP contribution in [0, 0.1) is 5.41 Å². The molecule has 0 aromatic rings. The number of halogens is 1. The molecule has 1 spiro atoms. The zero-order chi connectivity index (χ0) is 15.8. The van der Waals surface area contributed by atoms with E-state index in [0.29, 0.717) is 18.4 Å². The molecule has 6 heteroatoms. The van der Waals surface area contributed by atoms with Crippen LogP contribution in [0.15, 0.2) is 4.99 Å². The van der Waals surface area contributed by atoms with E-state index >= 15 is 0 Å². The number of aliphatic imine (C=N–C) groups is 1. The van der Waals surface area contributed by atoms with Crippen molar-refractivity contribution in [1.82, 2.24) is 10.2 Å². The molecule has 0 atom stereocenters. The van der Waals surface area contributed by atoms with Gasteiger partial charge in [-0.15, -0.1) is 24.0 Å². The lowest BCUT2D eigenvalue weighted by Gasteiger charge is -2.44. The van der Waals surface area contributed by atoms with Crippen molar-refractivity contribution in [2.45, 2.75) is 57.8 Å². The van der Waals surface area contributed by atoms with Crippen molar-refractivity contribution in [3.05, 3.63) is 0 Å². The summed E-state index contributed by atoms with van der Waals surface area (Å²) in [4.78, 5) is 18.0. The fourth-order valence-corrected chi connectivity index (χ4v) is 3.99. The number of ether oxygens (including phenoxy) is 1. The van der Waals surface area contributed by atoms with Gasteiger partial charge in [0.25, 0.3) is 0 Å². The molecule has 23 heavy (non-hydrogen) atoms. The predicted molar refractivity (Wildman–Crippen MR) is 104 cm³/mol. The van der Waals surface area contributed by atoms with Crippen molar-refractivity contribution in [3.63, 3.8) is 0 Å². The number of carbonyl (C=O) groups is 1. The van der Waals surface area contributed by atoms with Gasteiger partial charge in [0.1, 0.15) is 0 Å². The van der Waals surface area contributed by atoms with Crippen molar-refractivity contribution in [2.75, 3.05) is 33.8 Å². The molecule has 1 aliphatic heterocycles. The molecule has 5 nitrogen and oxygen atoms in total. The summed E-state index contributed by atoms with van der Waals surface area (Å²) in [6, 6.07) is 0. The number of rotatable bonds is 3. The Labute approximate surface area is 157 Å². The van der Waals surface area contributed by atoms with Gasteiger partial charge in [-0.1, -0.05) is 25.7 Å². The number of likely N-dealkylation sites (tertiary alicyclic amines) is 1. The number of methoxy groups -OCH3 is 1. The summed E-state index contributed by atoms with van der Waals surface area (Å²) in [6.07, 6.45) is 11.3. The van der Waals surface area contributed by atoms with Crippen LogP contribution in [0.3, 0.4) is 0 Å². The van der Waals surface area contributed by atoms with Crippen molar-refractivity contribution in [3.8, 4) is 0 Å². The highest BCUT2D eigenvalue weighted by Gasteiger charge is 2.36. The van der Waals surface area contributed by atoms with E-state index < -0.39 is 0 Å². The standard InChI is InChI=1S/C17H31N3O2.HI/c1-18-16(19-12-8-15(21)22-2)20-13-7-11-17(14-20)9-5-3-4-6-10-17;/h3-14H2,1-2H3,(H,18,19);1H. The van der Waals surface area contributed by atoms with Crippen LogP contribution in [-0.4, -0.2) is 50.6 Å². The number of hydrogen-bond acceptors (Lipinski definition) is 3. The highest BCUT2D eigenvalue weighted by molar-refractivity contribution is 14.0. The van der Waals surface area contributed by atoms with Crippen LogP contribution >= 0.6 is 24.0 Å². The fraction of sp³-hybridized carbons (Fsp3) is 0.882. The minimum Gasteiger partial charge on any atom is -0.469 e. The minimum atomic E-state index is -0.179. The summed E-state index contributed by atoms with van der Waals surface area (Å²) in [5.41, 5.74) is 0.495. The third-order valence-electron chi connectivity index (χ3n) is 5.18. The molecule has 0 radical (unpaired) electrons. The summed E-state index contributed by atoms with van der Waals surface area (Å²) in [7, 11) is 3.26. The molecule has 2 aliphatic rings. The molecule has 2 rings (SSSR count). The Morgan fingerprint density at radius 2 is 1.83 bits per heavy atom. The van der Waals surface area contributed by atoms with Gasteiger partial charge in [-0.3, -0.25) is 9.79 Å². The summed E-state index contributed by atoms with van der Waals surface area (Å²) < 4.78 is 4.68. The second kappa shape index (κ2) is 10.4. The fourth-order valence-electron chi connectivity index (χ4n) is 3.99. The summed E-state index contributed by atoms with van der Waals surface area (Å²) >= 11 is 0. The van der Waals surface area contributed by atoms with E-state index in [2.05, 4.69) is 19.9 Å². The van der Waals surface area contributed by atoms with E-state index in [4.69, 9.17) is 0 Å². The normalized spacial score (nSPS) is 21.3. The number of nitrogens with zero attached hydrogens (tertiary/aromatic N) is 2. The van der Waals surface area contributed by atoms with Crippen LogP contribution in [-0.2, 0) is 9.53 Å². The smallest absolute Gasteiger partial charge is 0.307 e. The molecule has 0 unspecified atom stereocenters. The molecule has 2 fully saturated rings. The molecule has 0 aromatic heterocycles. The molecule has 1 saturated heterocycles. The second-order valence-electron chi connectivity index (χ2n) is 6.74. The number of piperidine rings is 1. The highest BCUT2D eigenvalue weighted by Crippen LogP contribution is 2.42. The number of carbonyl (C=O) groups excluding carboxylic acids is 1. The van der Waals surface area contributed by atoms with Gasteiger partial charge in [0.15, 0.2) is 5.96 Å². The molecule has 134 valence electrons. The maximum atomic E-state index is 11.2. The Balaban J connectivity index is 0.00000264. The van der Waals surface area contributed by atoms with Gasteiger partial charge in [0, 0.05) is 26.7 Å². The molecule has 1 aliphatic carbocycles. The summed E-state index contributed by atoms with van der Waals surface area (Å²) in [6.45, 7) is 2.77. The van der Waals surface area contributed by atoms with E-state index in [1.807, 2.05) is 7.05 Å². The first-order chi connectivity index (χ1) is 10.7. The van der Waals surface area contributed by atoms with Crippen molar-refractivity contribution < 1.29 is 9.53 Å². The van der Waals surface area contributed by atoms with Gasteiger partial charge in [-0.2, -0.15) is 0 Å². The number of esters is 1. The maximum Gasteiger partial charge on any atom is 0.307 e. The predicted octanol–water partition coefficient (Wildman–Crippen LogP) is 3.18. The molecule has 0 amide bonds.